The third-order valence-electron chi connectivity index (χ3n) is 2.55. The van der Waals surface area contributed by atoms with E-state index < -0.39 is 0 Å². The number of rotatable bonds is 4. The highest BCUT2D eigenvalue weighted by Crippen LogP contribution is 2.22. The number of aliphatic hydroxyl groups excluding tert-OH is 1. The van der Waals surface area contributed by atoms with Crippen LogP contribution >= 0.6 is 11.8 Å². The van der Waals surface area contributed by atoms with Gasteiger partial charge in [-0.05, 0) is 29.8 Å². The van der Waals surface area contributed by atoms with E-state index in [-0.39, 0.29) is 6.61 Å². The molecule has 0 fully saturated rings. The highest BCUT2D eigenvalue weighted by molar-refractivity contribution is 7.98. The molecule has 2 aromatic carbocycles. The summed E-state index contributed by atoms with van der Waals surface area (Å²) < 4.78 is 0. The Morgan fingerprint density at radius 3 is 2.63 bits per heavy atom. The second kappa shape index (κ2) is 7.68. The maximum absolute atomic E-state index is 8.70. The van der Waals surface area contributed by atoms with Crippen LogP contribution < -0.4 is 0 Å². The lowest BCUT2D eigenvalue weighted by Crippen LogP contribution is -1.83. The summed E-state index contributed by atoms with van der Waals surface area (Å²) in [5.74, 6) is 6.95. The summed E-state index contributed by atoms with van der Waals surface area (Å²) in [6, 6.07) is 18.6. The lowest BCUT2D eigenvalue weighted by molar-refractivity contribution is 0.305. The molecule has 0 aliphatic rings. The van der Waals surface area contributed by atoms with E-state index in [0.717, 1.165) is 11.3 Å². The normalized spacial score (nSPS) is 9.74. The van der Waals surface area contributed by atoms with Gasteiger partial charge in [-0.15, -0.1) is 11.8 Å². The van der Waals surface area contributed by atoms with E-state index in [4.69, 9.17) is 5.11 Å². The Hall–Kier alpha value is -1.69. The van der Waals surface area contributed by atoms with E-state index in [2.05, 4.69) is 48.2 Å². The molecule has 0 aromatic heterocycles. The van der Waals surface area contributed by atoms with Crippen LogP contribution in [0.25, 0.3) is 0 Å². The van der Waals surface area contributed by atoms with E-state index in [9.17, 15) is 0 Å². The third-order valence-corrected chi connectivity index (χ3v) is 3.63. The van der Waals surface area contributed by atoms with Gasteiger partial charge in [0.1, 0.15) is 0 Å². The molecule has 0 radical (unpaired) electrons. The number of aliphatic hydroxyl groups is 1. The molecule has 0 saturated carbocycles. The second-order valence-electron chi connectivity index (χ2n) is 4.08. The Morgan fingerprint density at radius 2 is 1.84 bits per heavy atom. The first-order valence-corrected chi connectivity index (χ1v) is 7.23. The third kappa shape index (κ3) is 4.82. The fraction of sp³-hybridized carbons (Fsp3) is 0.176. The standard InChI is InChI=1S/C17H16OS/c18-12-5-4-7-15-8-6-9-16(13-15)14-19-17-10-2-1-3-11-17/h1-3,6,8-11,13,18H,5,12,14H2. The van der Waals surface area contributed by atoms with Crippen molar-refractivity contribution in [2.45, 2.75) is 17.1 Å². The molecule has 0 amide bonds. The van der Waals surface area contributed by atoms with E-state index in [1.807, 2.05) is 30.0 Å². The number of benzene rings is 2. The topological polar surface area (TPSA) is 20.2 Å². The molecule has 0 spiro atoms. The molecule has 0 aliphatic carbocycles. The quantitative estimate of drug-likeness (QED) is 0.674. The smallest absolute Gasteiger partial charge is 0.0540 e. The zero-order valence-corrected chi connectivity index (χ0v) is 11.5. The molecule has 2 heteroatoms. The second-order valence-corrected chi connectivity index (χ2v) is 5.13. The molecule has 1 N–H and O–H groups in total. The van der Waals surface area contributed by atoms with Crippen LogP contribution in [0.2, 0.25) is 0 Å². The highest BCUT2D eigenvalue weighted by Gasteiger charge is 1.96. The van der Waals surface area contributed by atoms with Gasteiger partial charge in [0, 0.05) is 22.6 Å². The first-order chi connectivity index (χ1) is 9.38. The van der Waals surface area contributed by atoms with Crippen molar-refractivity contribution in [1.82, 2.24) is 0 Å². The van der Waals surface area contributed by atoms with Gasteiger partial charge in [-0.3, -0.25) is 0 Å². The minimum atomic E-state index is 0.122. The van der Waals surface area contributed by atoms with Gasteiger partial charge in [0.05, 0.1) is 6.61 Å². The maximum atomic E-state index is 8.70. The van der Waals surface area contributed by atoms with Crippen molar-refractivity contribution in [3.05, 3.63) is 65.7 Å². The van der Waals surface area contributed by atoms with Crippen LogP contribution in [0.5, 0.6) is 0 Å². The van der Waals surface area contributed by atoms with Crippen molar-refractivity contribution >= 4 is 11.8 Å². The summed E-state index contributed by atoms with van der Waals surface area (Å²) in [4.78, 5) is 1.28. The van der Waals surface area contributed by atoms with Crippen molar-refractivity contribution in [1.29, 1.82) is 0 Å². The summed E-state index contributed by atoms with van der Waals surface area (Å²) in [7, 11) is 0. The molecule has 0 heterocycles. The summed E-state index contributed by atoms with van der Waals surface area (Å²) >= 11 is 1.82. The molecule has 0 bridgehead atoms. The highest BCUT2D eigenvalue weighted by atomic mass is 32.2. The minimum Gasteiger partial charge on any atom is -0.395 e. The SMILES string of the molecule is OCCC#Cc1cccc(CSc2ccccc2)c1. The van der Waals surface area contributed by atoms with Crippen LogP contribution in [0.1, 0.15) is 17.5 Å². The first kappa shape index (κ1) is 13.7. The van der Waals surface area contributed by atoms with Crippen LogP contribution in [0.3, 0.4) is 0 Å². The molecule has 2 aromatic rings. The van der Waals surface area contributed by atoms with Crippen LogP contribution in [-0.2, 0) is 5.75 Å². The van der Waals surface area contributed by atoms with E-state index in [0.29, 0.717) is 6.42 Å². The molecule has 0 aliphatic heterocycles. The predicted octanol–water partition coefficient (Wildman–Crippen LogP) is 3.71. The molecule has 1 nitrogen and oxygen atoms in total. The Bertz CT molecular complexity index is 567. The van der Waals surface area contributed by atoms with Gasteiger partial charge in [0.25, 0.3) is 0 Å². The Labute approximate surface area is 118 Å². The van der Waals surface area contributed by atoms with Crippen molar-refractivity contribution in [2.75, 3.05) is 6.61 Å². The summed E-state index contributed by atoms with van der Waals surface area (Å²) in [6.07, 6.45) is 0.531. The number of hydrogen-bond acceptors (Lipinski definition) is 2. The van der Waals surface area contributed by atoms with Gasteiger partial charge in [-0.2, -0.15) is 0 Å². The van der Waals surface area contributed by atoms with Crippen LogP contribution in [0.15, 0.2) is 59.5 Å². The zero-order valence-electron chi connectivity index (χ0n) is 10.7. The summed E-state index contributed by atoms with van der Waals surface area (Å²) in [5.41, 5.74) is 2.28. The lowest BCUT2D eigenvalue weighted by atomic mass is 10.1. The monoisotopic (exact) mass is 268 g/mol. The summed E-state index contributed by atoms with van der Waals surface area (Å²) in [5, 5.41) is 8.70. The van der Waals surface area contributed by atoms with Gasteiger partial charge >= 0.3 is 0 Å². The molecule has 0 atom stereocenters. The van der Waals surface area contributed by atoms with Crippen LogP contribution in [0, 0.1) is 11.8 Å². The Kier molecular flexibility index (Phi) is 5.55. The molecule has 96 valence electrons. The lowest BCUT2D eigenvalue weighted by Gasteiger charge is -2.02. The van der Waals surface area contributed by atoms with E-state index >= 15 is 0 Å². The van der Waals surface area contributed by atoms with E-state index in [1.54, 1.807) is 0 Å². The van der Waals surface area contributed by atoms with Crippen LogP contribution in [-0.4, -0.2) is 11.7 Å². The van der Waals surface area contributed by atoms with Gasteiger partial charge in [0.15, 0.2) is 0 Å². The maximum Gasteiger partial charge on any atom is 0.0540 e. The molecule has 2 rings (SSSR count). The van der Waals surface area contributed by atoms with Gasteiger partial charge < -0.3 is 5.11 Å². The van der Waals surface area contributed by atoms with Crippen molar-refractivity contribution < 1.29 is 5.11 Å². The van der Waals surface area contributed by atoms with Gasteiger partial charge in [-0.1, -0.05) is 42.2 Å². The number of hydrogen-bond donors (Lipinski definition) is 1. The Morgan fingerprint density at radius 1 is 1.00 bits per heavy atom. The largest absolute Gasteiger partial charge is 0.395 e. The van der Waals surface area contributed by atoms with Crippen LogP contribution in [0.4, 0.5) is 0 Å². The average Bonchev–Trinajstić information content (AvgIpc) is 2.47. The van der Waals surface area contributed by atoms with Crippen molar-refractivity contribution in [3.8, 4) is 11.8 Å². The first-order valence-electron chi connectivity index (χ1n) is 6.25. The van der Waals surface area contributed by atoms with Crippen molar-refractivity contribution in [2.24, 2.45) is 0 Å². The molecule has 0 saturated heterocycles. The Balaban J connectivity index is 1.98. The zero-order chi connectivity index (χ0) is 13.3. The van der Waals surface area contributed by atoms with Gasteiger partial charge in [-0.25, -0.2) is 0 Å². The average molecular weight is 268 g/mol. The van der Waals surface area contributed by atoms with Crippen molar-refractivity contribution in [3.63, 3.8) is 0 Å². The summed E-state index contributed by atoms with van der Waals surface area (Å²) in [6.45, 7) is 0.122. The van der Waals surface area contributed by atoms with E-state index in [1.165, 1.54) is 10.5 Å². The molecule has 19 heavy (non-hydrogen) atoms. The van der Waals surface area contributed by atoms with Gasteiger partial charge in [0.2, 0.25) is 0 Å². The fourth-order valence-corrected chi connectivity index (χ4v) is 2.51. The predicted molar refractivity (Wildman–Crippen MR) is 81.0 cm³/mol. The molecular formula is C17H16OS. The minimum absolute atomic E-state index is 0.122. The molecule has 0 unspecified atom stereocenters. The molecular weight excluding hydrogens is 252 g/mol. The fourth-order valence-electron chi connectivity index (χ4n) is 1.64. The number of thioether (sulfide) groups is 1.